The lowest BCUT2D eigenvalue weighted by atomic mass is 10.2. The van der Waals surface area contributed by atoms with Crippen molar-refractivity contribution in [1.29, 1.82) is 0 Å². The highest BCUT2D eigenvalue weighted by Crippen LogP contribution is 2.24. The lowest BCUT2D eigenvalue weighted by Gasteiger charge is -2.08. The molecule has 0 heterocycles. The fraction of sp³-hybridized carbons (Fsp3) is 0.188. The Morgan fingerprint density at radius 3 is 2.45 bits per heavy atom. The molecule has 0 aliphatic rings. The van der Waals surface area contributed by atoms with Crippen LogP contribution in [0.4, 0.5) is 5.69 Å². The van der Waals surface area contributed by atoms with Crippen LogP contribution in [-0.4, -0.2) is 19.6 Å². The van der Waals surface area contributed by atoms with Crippen molar-refractivity contribution in [3.05, 3.63) is 58.1 Å². The molecule has 0 fully saturated rings. The molecule has 2 rings (SSSR count). The van der Waals surface area contributed by atoms with Gasteiger partial charge in [0, 0.05) is 12.2 Å². The van der Waals surface area contributed by atoms with E-state index < -0.39 is 0 Å². The maximum Gasteiger partial charge on any atom is 0.238 e. The number of hydrogen-bond donors (Lipinski definition) is 2. The number of ether oxygens (including phenoxy) is 1. The van der Waals surface area contributed by atoms with Crippen LogP contribution in [0, 0.1) is 0 Å². The van der Waals surface area contributed by atoms with Crippen molar-refractivity contribution in [3.8, 4) is 5.75 Å². The highest BCUT2D eigenvalue weighted by atomic mass is 35.5. The first-order valence-corrected chi connectivity index (χ1v) is 7.42. The van der Waals surface area contributed by atoms with E-state index in [-0.39, 0.29) is 12.5 Å². The van der Waals surface area contributed by atoms with Gasteiger partial charge in [-0.25, -0.2) is 0 Å². The minimum atomic E-state index is -0.146. The molecule has 0 bridgehead atoms. The predicted molar refractivity (Wildman–Crippen MR) is 89.8 cm³/mol. The van der Waals surface area contributed by atoms with Crippen LogP contribution in [0.3, 0.4) is 0 Å². The Morgan fingerprint density at radius 1 is 1.09 bits per heavy atom. The lowest BCUT2D eigenvalue weighted by Crippen LogP contribution is -2.27. The first-order chi connectivity index (χ1) is 10.6. The van der Waals surface area contributed by atoms with Crippen LogP contribution in [0.15, 0.2) is 42.5 Å². The van der Waals surface area contributed by atoms with Crippen molar-refractivity contribution in [2.24, 2.45) is 0 Å². The predicted octanol–water partition coefficient (Wildman–Crippen LogP) is 3.73. The highest BCUT2D eigenvalue weighted by Gasteiger charge is 2.04. The molecule has 6 heteroatoms. The highest BCUT2D eigenvalue weighted by molar-refractivity contribution is 6.42. The topological polar surface area (TPSA) is 50.4 Å². The van der Waals surface area contributed by atoms with E-state index in [0.29, 0.717) is 22.3 Å². The minimum Gasteiger partial charge on any atom is -0.497 e. The quantitative estimate of drug-likeness (QED) is 0.843. The zero-order valence-electron chi connectivity index (χ0n) is 12.0. The van der Waals surface area contributed by atoms with Gasteiger partial charge in [0.05, 0.1) is 23.7 Å². The second kappa shape index (κ2) is 8.03. The molecule has 2 aromatic carbocycles. The van der Waals surface area contributed by atoms with Crippen molar-refractivity contribution >= 4 is 34.8 Å². The van der Waals surface area contributed by atoms with Crippen molar-refractivity contribution in [1.82, 2.24) is 5.32 Å². The summed E-state index contributed by atoms with van der Waals surface area (Å²) in [5.41, 5.74) is 1.69. The van der Waals surface area contributed by atoms with Crippen molar-refractivity contribution in [2.45, 2.75) is 6.54 Å². The van der Waals surface area contributed by atoms with Crippen LogP contribution in [0.1, 0.15) is 5.56 Å². The molecular formula is C16H16Cl2N2O2. The van der Waals surface area contributed by atoms with Crippen LogP contribution < -0.4 is 15.4 Å². The van der Waals surface area contributed by atoms with Crippen LogP contribution in [0.5, 0.6) is 5.75 Å². The summed E-state index contributed by atoms with van der Waals surface area (Å²) in [5.74, 6) is 0.660. The van der Waals surface area contributed by atoms with Crippen molar-refractivity contribution < 1.29 is 9.53 Å². The van der Waals surface area contributed by atoms with E-state index in [1.54, 1.807) is 25.3 Å². The smallest absolute Gasteiger partial charge is 0.238 e. The molecule has 0 atom stereocenters. The van der Waals surface area contributed by atoms with Crippen molar-refractivity contribution in [3.63, 3.8) is 0 Å². The molecular weight excluding hydrogens is 323 g/mol. The average molecular weight is 339 g/mol. The molecule has 0 spiro atoms. The number of amides is 1. The van der Waals surface area contributed by atoms with Crippen LogP contribution in [-0.2, 0) is 11.3 Å². The van der Waals surface area contributed by atoms with E-state index in [0.717, 1.165) is 11.3 Å². The molecule has 0 saturated heterocycles. The normalized spacial score (nSPS) is 10.3. The first-order valence-electron chi connectivity index (χ1n) is 6.67. The van der Waals surface area contributed by atoms with Gasteiger partial charge in [-0.1, -0.05) is 35.3 Å². The fourth-order valence-electron chi connectivity index (χ4n) is 1.84. The van der Waals surface area contributed by atoms with Gasteiger partial charge in [-0.15, -0.1) is 0 Å². The number of rotatable bonds is 6. The summed E-state index contributed by atoms with van der Waals surface area (Å²) >= 11 is 11.7. The molecule has 1 amide bonds. The average Bonchev–Trinajstić information content (AvgIpc) is 2.51. The van der Waals surface area contributed by atoms with Gasteiger partial charge < -0.3 is 15.4 Å². The zero-order valence-corrected chi connectivity index (χ0v) is 13.5. The Kier molecular flexibility index (Phi) is 6.07. The van der Waals surface area contributed by atoms with Crippen LogP contribution in [0.2, 0.25) is 10.0 Å². The number of hydrogen-bond acceptors (Lipinski definition) is 3. The number of benzene rings is 2. The summed E-state index contributed by atoms with van der Waals surface area (Å²) in [4.78, 5) is 11.8. The summed E-state index contributed by atoms with van der Waals surface area (Å²) in [6.07, 6.45) is 0. The summed E-state index contributed by atoms with van der Waals surface area (Å²) in [5, 5.41) is 6.69. The molecule has 2 N–H and O–H groups in total. The second-order valence-corrected chi connectivity index (χ2v) is 5.44. The Labute approximate surface area is 139 Å². The molecule has 0 unspecified atom stereocenters. The number of carbonyl (C=O) groups excluding carboxylic acids is 1. The fourth-order valence-corrected chi connectivity index (χ4v) is 2.14. The third kappa shape index (κ3) is 4.91. The number of nitrogens with one attached hydrogen (secondary N) is 2. The molecule has 0 aliphatic heterocycles. The van der Waals surface area contributed by atoms with E-state index >= 15 is 0 Å². The van der Waals surface area contributed by atoms with E-state index in [1.165, 1.54) is 0 Å². The number of halogens is 2. The van der Waals surface area contributed by atoms with Gasteiger partial charge in [0.15, 0.2) is 0 Å². The third-order valence-corrected chi connectivity index (χ3v) is 3.72. The largest absolute Gasteiger partial charge is 0.497 e. The number of methoxy groups -OCH3 is 1. The van der Waals surface area contributed by atoms with Gasteiger partial charge in [0.1, 0.15) is 5.75 Å². The van der Waals surface area contributed by atoms with Crippen LogP contribution in [0.25, 0.3) is 0 Å². The molecule has 0 saturated carbocycles. The standard InChI is InChI=1S/C16H16Cl2N2O2/c1-22-13-5-2-11(3-6-13)9-19-10-16(21)20-12-4-7-14(17)15(18)8-12/h2-8,19H,9-10H2,1H3,(H,20,21). The Balaban J connectivity index is 1.78. The summed E-state index contributed by atoms with van der Waals surface area (Å²) in [6.45, 7) is 0.797. The Bertz CT molecular complexity index is 645. The van der Waals surface area contributed by atoms with Gasteiger partial charge in [-0.3, -0.25) is 4.79 Å². The van der Waals surface area contributed by atoms with Gasteiger partial charge in [0.2, 0.25) is 5.91 Å². The van der Waals surface area contributed by atoms with Gasteiger partial charge in [0.25, 0.3) is 0 Å². The van der Waals surface area contributed by atoms with Gasteiger partial charge >= 0.3 is 0 Å². The lowest BCUT2D eigenvalue weighted by molar-refractivity contribution is -0.115. The zero-order chi connectivity index (χ0) is 15.9. The van der Waals surface area contributed by atoms with Crippen molar-refractivity contribution in [2.75, 3.05) is 19.0 Å². The molecule has 4 nitrogen and oxygen atoms in total. The SMILES string of the molecule is COc1ccc(CNCC(=O)Nc2ccc(Cl)c(Cl)c2)cc1. The second-order valence-electron chi connectivity index (χ2n) is 4.63. The van der Waals surface area contributed by atoms with Gasteiger partial charge in [-0.2, -0.15) is 0 Å². The van der Waals surface area contributed by atoms with Crippen LogP contribution >= 0.6 is 23.2 Å². The van der Waals surface area contributed by atoms with E-state index in [1.807, 2.05) is 24.3 Å². The molecule has 0 aromatic heterocycles. The molecule has 0 aliphatic carbocycles. The third-order valence-electron chi connectivity index (χ3n) is 2.98. The van der Waals surface area contributed by atoms with E-state index in [4.69, 9.17) is 27.9 Å². The summed E-state index contributed by atoms with van der Waals surface area (Å²) in [7, 11) is 1.63. The molecule has 2 aromatic rings. The first kappa shape index (κ1) is 16.6. The number of carbonyl (C=O) groups is 1. The summed E-state index contributed by atoms with van der Waals surface area (Å²) in [6, 6.07) is 12.6. The maximum atomic E-state index is 11.8. The molecule has 116 valence electrons. The Morgan fingerprint density at radius 2 is 1.82 bits per heavy atom. The minimum absolute atomic E-state index is 0.146. The Hall–Kier alpha value is -1.75. The maximum absolute atomic E-state index is 11.8. The van der Waals surface area contributed by atoms with Gasteiger partial charge in [-0.05, 0) is 35.9 Å². The molecule has 22 heavy (non-hydrogen) atoms. The molecule has 0 radical (unpaired) electrons. The van der Waals surface area contributed by atoms with E-state index in [2.05, 4.69) is 10.6 Å². The monoisotopic (exact) mass is 338 g/mol. The van der Waals surface area contributed by atoms with E-state index in [9.17, 15) is 4.79 Å². The number of anilines is 1. The summed E-state index contributed by atoms with van der Waals surface area (Å²) < 4.78 is 5.09.